The van der Waals surface area contributed by atoms with Crippen molar-refractivity contribution in [3.8, 4) is 0 Å². The number of aliphatic hydroxyl groups is 1. The number of carbonyl (C=O) groups excluding carboxylic acids is 1. The number of hydrogen-bond acceptors (Lipinski definition) is 5. The van der Waals surface area contributed by atoms with E-state index in [0.29, 0.717) is 43.7 Å². The van der Waals surface area contributed by atoms with E-state index in [1.165, 1.54) is 5.56 Å². The summed E-state index contributed by atoms with van der Waals surface area (Å²) in [6.45, 7) is 2.21. The number of β-amino-alcohol motifs (C(OH)–C–C–N with tert-alkyl or cyclic N) is 1. The molecule has 4 rings (SSSR count). The van der Waals surface area contributed by atoms with Crippen LogP contribution in [0.2, 0.25) is 0 Å². The number of amides is 1. The summed E-state index contributed by atoms with van der Waals surface area (Å²) in [4.78, 5) is 25.7. The Morgan fingerprint density at radius 3 is 2.79 bits per heavy atom. The van der Waals surface area contributed by atoms with Gasteiger partial charge in [-0.15, -0.1) is 0 Å². The first-order valence-corrected chi connectivity index (χ1v) is 9.95. The molecule has 1 atom stereocenters. The molecule has 1 aliphatic heterocycles. The van der Waals surface area contributed by atoms with Crippen LogP contribution < -0.4 is 0 Å². The predicted octanol–water partition coefficient (Wildman–Crippen LogP) is 2.01. The molecule has 2 aromatic heterocycles. The Morgan fingerprint density at radius 1 is 1.24 bits per heavy atom. The lowest BCUT2D eigenvalue weighted by Crippen LogP contribution is -2.54. The average Bonchev–Trinajstić information content (AvgIpc) is 3.09. The summed E-state index contributed by atoms with van der Waals surface area (Å²) < 4.78 is 1.98. The van der Waals surface area contributed by atoms with Gasteiger partial charge in [0.25, 0.3) is 5.91 Å². The first kappa shape index (κ1) is 19.5. The lowest BCUT2D eigenvalue weighted by Gasteiger charge is -2.40. The van der Waals surface area contributed by atoms with Crippen LogP contribution in [0.4, 0.5) is 0 Å². The second-order valence-corrected chi connectivity index (χ2v) is 8.22. The number of aromatic nitrogens is 3. The van der Waals surface area contributed by atoms with E-state index in [1.54, 1.807) is 23.5 Å². The number of nitrogens with zero attached hydrogens (tertiary/aromatic N) is 5. The van der Waals surface area contributed by atoms with Crippen LogP contribution in [0, 0.1) is 0 Å². The van der Waals surface area contributed by atoms with E-state index < -0.39 is 5.60 Å². The third-order valence-corrected chi connectivity index (χ3v) is 5.35. The number of rotatable bonds is 5. The van der Waals surface area contributed by atoms with Gasteiger partial charge < -0.3 is 19.5 Å². The van der Waals surface area contributed by atoms with Crippen molar-refractivity contribution >= 4 is 17.1 Å². The first-order valence-electron chi connectivity index (χ1n) is 9.95. The highest BCUT2D eigenvalue weighted by Gasteiger charge is 2.36. The van der Waals surface area contributed by atoms with Crippen LogP contribution in [0.3, 0.4) is 0 Å². The molecule has 1 amide bonds. The molecule has 0 aliphatic carbocycles. The maximum absolute atomic E-state index is 13.0. The maximum Gasteiger partial charge on any atom is 0.255 e. The zero-order valence-electron chi connectivity index (χ0n) is 17.0. The summed E-state index contributed by atoms with van der Waals surface area (Å²) in [6, 6.07) is 11.9. The molecule has 29 heavy (non-hydrogen) atoms. The number of fused-ring (bicyclic) bond motifs is 1. The van der Waals surface area contributed by atoms with Gasteiger partial charge in [0, 0.05) is 19.3 Å². The molecule has 1 aliphatic rings. The van der Waals surface area contributed by atoms with E-state index in [4.69, 9.17) is 0 Å². The number of benzene rings is 1. The molecular formula is C22H27N5O2. The van der Waals surface area contributed by atoms with Crippen molar-refractivity contribution in [1.29, 1.82) is 0 Å². The highest BCUT2D eigenvalue weighted by molar-refractivity contribution is 5.96. The summed E-state index contributed by atoms with van der Waals surface area (Å²) in [5.74, 6) is -0.103. The zero-order chi connectivity index (χ0) is 20.4. The molecule has 0 spiro atoms. The third kappa shape index (κ3) is 4.31. The van der Waals surface area contributed by atoms with Crippen LogP contribution in [-0.2, 0) is 6.54 Å². The van der Waals surface area contributed by atoms with Gasteiger partial charge in [-0.25, -0.2) is 9.97 Å². The highest BCUT2D eigenvalue weighted by Crippen LogP contribution is 2.24. The molecular weight excluding hydrogens is 366 g/mol. The number of likely N-dealkylation sites (N-methyl/N-ethyl adjacent to an activating group) is 1. The fourth-order valence-electron chi connectivity index (χ4n) is 4.15. The van der Waals surface area contributed by atoms with Crippen molar-refractivity contribution in [2.45, 2.75) is 25.0 Å². The Balaban J connectivity index is 1.53. The van der Waals surface area contributed by atoms with Gasteiger partial charge in [0.15, 0.2) is 5.65 Å². The Kier molecular flexibility index (Phi) is 5.34. The molecule has 0 bridgehead atoms. The third-order valence-electron chi connectivity index (χ3n) is 5.35. The molecule has 1 aromatic carbocycles. The minimum absolute atomic E-state index is 0.103. The van der Waals surface area contributed by atoms with E-state index in [9.17, 15) is 9.90 Å². The first-order chi connectivity index (χ1) is 13.9. The van der Waals surface area contributed by atoms with Gasteiger partial charge in [-0.05, 0) is 38.6 Å². The van der Waals surface area contributed by atoms with Crippen LogP contribution in [0.1, 0.15) is 28.8 Å². The Hall–Kier alpha value is -2.77. The summed E-state index contributed by atoms with van der Waals surface area (Å²) in [6.07, 6.45) is 4.87. The van der Waals surface area contributed by atoms with E-state index in [0.717, 1.165) is 12.1 Å². The van der Waals surface area contributed by atoms with Crippen LogP contribution in [0.25, 0.3) is 11.2 Å². The number of hydrogen-bond donors (Lipinski definition) is 1. The molecule has 7 nitrogen and oxygen atoms in total. The van der Waals surface area contributed by atoms with Crippen molar-refractivity contribution in [2.75, 3.05) is 33.7 Å². The van der Waals surface area contributed by atoms with Gasteiger partial charge in [0.05, 0.1) is 30.6 Å². The minimum atomic E-state index is -0.869. The maximum atomic E-state index is 13.0. The van der Waals surface area contributed by atoms with Crippen molar-refractivity contribution in [2.24, 2.45) is 0 Å². The molecule has 1 unspecified atom stereocenters. The number of carbonyl (C=O) groups is 1. The Labute approximate surface area is 170 Å². The van der Waals surface area contributed by atoms with Crippen molar-refractivity contribution in [3.05, 3.63) is 60.0 Å². The van der Waals surface area contributed by atoms with Gasteiger partial charge in [-0.1, -0.05) is 30.3 Å². The quantitative estimate of drug-likeness (QED) is 0.718. The van der Waals surface area contributed by atoms with Crippen LogP contribution >= 0.6 is 0 Å². The molecule has 1 fully saturated rings. The van der Waals surface area contributed by atoms with Crippen molar-refractivity contribution in [3.63, 3.8) is 0 Å². The zero-order valence-corrected chi connectivity index (χ0v) is 17.0. The molecule has 0 radical (unpaired) electrons. The molecule has 152 valence electrons. The van der Waals surface area contributed by atoms with E-state index in [1.807, 2.05) is 41.8 Å². The predicted molar refractivity (Wildman–Crippen MR) is 112 cm³/mol. The molecule has 1 saturated heterocycles. The second-order valence-electron chi connectivity index (χ2n) is 8.22. The van der Waals surface area contributed by atoms with Crippen LogP contribution in [0.5, 0.6) is 0 Å². The van der Waals surface area contributed by atoms with E-state index in [2.05, 4.69) is 22.1 Å². The fourth-order valence-corrected chi connectivity index (χ4v) is 4.15. The molecule has 0 saturated carbocycles. The van der Waals surface area contributed by atoms with Gasteiger partial charge in [0.1, 0.15) is 5.52 Å². The van der Waals surface area contributed by atoms with Gasteiger partial charge >= 0.3 is 0 Å². The molecule has 1 N–H and O–H groups in total. The number of imidazole rings is 1. The standard InChI is InChI=1S/C22H27N5O2/c1-25(2)14-22(29)9-6-10-26(15-22)21(28)18-11-19-20(23-12-18)27(16-24-19)13-17-7-4-3-5-8-17/h3-5,7-8,11-12,16,29H,6,9-10,13-15H2,1-2H3. The number of pyridine rings is 1. The minimum Gasteiger partial charge on any atom is -0.387 e. The van der Waals surface area contributed by atoms with E-state index in [-0.39, 0.29) is 5.91 Å². The van der Waals surface area contributed by atoms with Crippen LogP contribution in [0.15, 0.2) is 48.9 Å². The Bertz CT molecular complexity index is 1000. The highest BCUT2D eigenvalue weighted by atomic mass is 16.3. The summed E-state index contributed by atoms with van der Waals surface area (Å²) in [7, 11) is 3.87. The average molecular weight is 393 g/mol. The summed E-state index contributed by atoms with van der Waals surface area (Å²) in [5.41, 5.74) is 2.27. The monoisotopic (exact) mass is 393 g/mol. The van der Waals surface area contributed by atoms with Crippen molar-refractivity contribution in [1.82, 2.24) is 24.3 Å². The lowest BCUT2D eigenvalue weighted by molar-refractivity contribution is -0.0391. The molecule has 3 heterocycles. The smallest absolute Gasteiger partial charge is 0.255 e. The number of likely N-dealkylation sites (tertiary alicyclic amines) is 1. The molecule has 7 heteroatoms. The second kappa shape index (κ2) is 7.93. The summed E-state index contributed by atoms with van der Waals surface area (Å²) >= 11 is 0. The van der Waals surface area contributed by atoms with Crippen LogP contribution in [-0.4, -0.2) is 74.7 Å². The van der Waals surface area contributed by atoms with Crippen molar-refractivity contribution < 1.29 is 9.90 Å². The summed E-state index contributed by atoms with van der Waals surface area (Å²) in [5, 5.41) is 10.9. The largest absolute Gasteiger partial charge is 0.387 e. The topological polar surface area (TPSA) is 74.5 Å². The van der Waals surface area contributed by atoms with Gasteiger partial charge in [-0.2, -0.15) is 0 Å². The lowest BCUT2D eigenvalue weighted by atomic mass is 9.92. The fraction of sp³-hybridized carbons (Fsp3) is 0.409. The molecule has 3 aromatic rings. The normalized spacial score (nSPS) is 19.8. The SMILES string of the molecule is CN(C)CC1(O)CCCN(C(=O)c2cnc3c(c2)ncn3Cc2ccccc2)C1. The van der Waals surface area contributed by atoms with Gasteiger partial charge in [-0.3, -0.25) is 4.79 Å². The number of piperidine rings is 1. The van der Waals surface area contributed by atoms with Gasteiger partial charge in [0.2, 0.25) is 0 Å². The Morgan fingerprint density at radius 2 is 2.03 bits per heavy atom. The van der Waals surface area contributed by atoms with E-state index >= 15 is 0 Å².